The van der Waals surface area contributed by atoms with Crippen molar-refractivity contribution in [2.24, 2.45) is 5.73 Å². The van der Waals surface area contributed by atoms with Gasteiger partial charge in [0.2, 0.25) is 0 Å². The lowest BCUT2D eigenvalue weighted by Crippen LogP contribution is -2.49. The van der Waals surface area contributed by atoms with Crippen LogP contribution in [0.2, 0.25) is 0 Å². The Morgan fingerprint density at radius 1 is 1.41 bits per heavy atom. The average molecular weight is 299 g/mol. The number of anilines is 1. The van der Waals surface area contributed by atoms with Gasteiger partial charge < -0.3 is 15.8 Å². The van der Waals surface area contributed by atoms with Crippen molar-refractivity contribution < 1.29 is 4.74 Å². The molecule has 1 fully saturated rings. The van der Waals surface area contributed by atoms with Gasteiger partial charge in [0.25, 0.3) is 0 Å². The van der Waals surface area contributed by atoms with E-state index in [0.29, 0.717) is 6.54 Å². The molecule has 1 saturated heterocycles. The first kappa shape index (κ1) is 12.9. The number of aryl methyl sites for hydroxylation is 1. The van der Waals surface area contributed by atoms with Crippen molar-refractivity contribution in [2.45, 2.75) is 25.3 Å². The van der Waals surface area contributed by atoms with Crippen molar-refractivity contribution in [3.05, 3.63) is 28.2 Å². The summed E-state index contributed by atoms with van der Waals surface area (Å²) in [6.45, 7) is 4.30. The van der Waals surface area contributed by atoms with E-state index in [9.17, 15) is 0 Å². The molecule has 0 aliphatic carbocycles. The highest BCUT2D eigenvalue weighted by molar-refractivity contribution is 9.10. The zero-order valence-electron chi connectivity index (χ0n) is 10.1. The third-order valence-electron chi connectivity index (χ3n) is 3.36. The van der Waals surface area contributed by atoms with Gasteiger partial charge in [-0.05, 0) is 53.4 Å². The van der Waals surface area contributed by atoms with E-state index in [-0.39, 0.29) is 5.54 Å². The maximum absolute atomic E-state index is 5.94. The molecule has 1 aliphatic rings. The fourth-order valence-corrected chi connectivity index (χ4v) is 2.51. The predicted molar refractivity (Wildman–Crippen MR) is 74.3 cm³/mol. The van der Waals surface area contributed by atoms with E-state index in [1.165, 1.54) is 5.56 Å². The zero-order valence-corrected chi connectivity index (χ0v) is 11.7. The quantitative estimate of drug-likeness (QED) is 0.902. The zero-order chi connectivity index (χ0) is 12.3. The molecule has 0 unspecified atom stereocenters. The molecule has 3 N–H and O–H groups in total. The maximum Gasteiger partial charge on any atom is 0.0539 e. The molecule has 94 valence electrons. The summed E-state index contributed by atoms with van der Waals surface area (Å²) in [7, 11) is 0. The Morgan fingerprint density at radius 2 is 2.12 bits per heavy atom. The summed E-state index contributed by atoms with van der Waals surface area (Å²) in [6.07, 6.45) is 1.92. The number of hydrogen-bond acceptors (Lipinski definition) is 3. The third kappa shape index (κ3) is 3.00. The van der Waals surface area contributed by atoms with Gasteiger partial charge in [-0.3, -0.25) is 0 Å². The van der Waals surface area contributed by atoms with E-state index in [2.05, 4.69) is 46.4 Å². The van der Waals surface area contributed by atoms with Crippen LogP contribution in [0.25, 0.3) is 0 Å². The molecule has 0 radical (unpaired) electrons. The molecule has 1 heterocycles. The molecule has 4 heteroatoms. The molecule has 1 aromatic carbocycles. The summed E-state index contributed by atoms with van der Waals surface area (Å²) in [5, 5.41) is 3.60. The topological polar surface area (TPSA) is 47.3 Å². The highest BCUT2D eigenvalue weighted by atomic mass is 79.9. The third-order valence-corrected chi connectivity index (χ3v) is 4.05. The molecular formula is C13H19BrN2O. The van der Waals surface area contributed by atoms with Crippen molar-refractivity contribution in [2.75, 3.05) is 25.1 Å². The summed E-state index contributed by atoms with van der Waals surface area (Å²) in [5.74, 6) is 0. The van der Waals surface area contributed by atoms with Crippen molar-refractivity contribution in [3.8, 4) is 0 Å². The molecule has 2 rings (SSSR count). The van der Waals surface area contributed by atoms with E-state index in [1.807, 2.05) is 0 Å². The molecule has 1 aromatic rings. The molecule has 0 atom stereocenters. The molecule has 0 spiro atoms. The van der Waals surface area contributed by atoms with E-state index in [0.717, 1.165) is 36.2 Å². The van der Waals surface area contributed by atoms with Crippen LogP contribution >= 0.6 is 15.9 Å². The van der Waals surface area contributed by atoms with Gasteiger partial charge in [-0.25, -0.2) is 0 Å². The molecule has 0 aromatic heterocycles. The molecule has 17 heavy (non-hydrogen) atoms. The molecule has 0 amide bonds. The van der Waals surface area contributed by atoms with Gasteiger partial charge in [-0.1, -0.05) is 6.07 Å². The Kier molecular flexibility index (Phi) is 4.07. The number of hydrogen-bond donors (Lipinski definition) is 2. The Labute approximate surface area is 111 Å². The second-order valence-corrected chi connectivity index (χ2v) is 5.56. The summed E-state index contributed by atoms with van der Waals surface area (Å²) in [5.41, 5.74) is 8.29. The lowest BCUT2D eigenvalue weighted by molar-refractivity contribution is 0.0628. The SMILES string of the molecule is Cc1ccc(Br)c(NC2(CN)CCOCC2)c1. The Morgan fingerprint density at radius 3 is 2.76 bits per heavy atom. The van der Waals surface area contributed by atoms with Crippen LogP contribution in [0, 0.1) is 6.92 Å². The number of nitrogens with two attached hydrogens (primary N) is 1. The van der Waals surface area contributed by atoms with Crippen LogP contribution in [-0.2, 0) is 4.74 Å². The minimum absolute atomic E-state index is 0.0193. The Bertz CT molecular complexity index is 389. The van der Waals surface area contributed by atoms with Gasteiger partial charge in [-0.2, -0.15) is 0 Å². The first-order valence-electron chi connectivity index (χ1n) is 5.97. The van der Waals surface area contributed by atoms with Crippen LogP contribution in [0.1, 0.15) is 18.4 Å². The van der Waals surface area contributed by atoms with Crippen LogP contribution in [-0.4, -0.2) is 25.3 Å². The van der Waals surface area contributed by atoms with E-state index in [1.54, 1.807) is 0 Å². The van der Waals surface area contributed by atoms with Crippen LogP contribution in [0.15, 0.2) is 22.7 Å². The van der Waals surface area contributed by atoms with Gasteiger partial charge in [0.15, 0.2) is 0 Å². The van der Waals surface area contributed by atoms with Crippen molar-refractivity contribution in [1.29, 1.82) is 0 Å². The number of rotatable bonds is 3. The maximum atomic E-state index is 5.94. The largest absolute Gasteiger partial charge is 0.381 e. The van der Waals surface area contributed by atoms with Gasteiger partial charge in [0.05, 0.1) is 5.54 Å². The van der Waals surface area contributed by atoms with Gasteiger partial charge in [-0.15, -0.1) is 0 Å². The van der Waals surface area contributed by atoms with Crippen molar-refractivity contribution in [3.63, 3.8) is 0 Å². The monoisotopic (exact) mass is 298 g/mol. The second-order valence-electron chi connectivity index (χ2n) is 4.71. The van der Waals surface area contributed by atoms with Gasteiger partial charge >= 0.3 is 0 Å². The van der Waals surface area contributed by atoms with Crippen LogP contribution in [0.4, 0.5) is 5.69 Å². The normalized spacial score (nSPS) is 19.0. The van der Waals surface area contributed by atoms with Crippen molar-refractivity contribution >= 4 is 21.6 Å². The van der Waals surface area contributed by atoms with Crippen LogP contribution in [0.5, 0.6) is 0 Å². The van der Waals surface area contributed by atoms with Crippen molar-refractivity contribution in [1.82, 2.24) is 0 Å². The van der Waals surface area contributed by atoms with E-state index < -0.39 is 0 Å². The highest BCUT2D eigenvalue weighted by Gasteiger charge is 2.31. The summed E-state index contributed by atoms with van der Waals surface area (Å²) < 4.78 is 6.50. The summed E-state index contributed by atoms with van der Waals surface area (Å²) in [4.78, 5) is 0. The number of ether oxygens (including phenoxy) is 1. The molecule has 1 aliphatic heterocycles. The average Bonchev–Trinajstić information content (AvgIpc) is 2.35. The van der Waals surface area contributed by atoms with Crippen LogP contribution in [0.3, 0.4) is 0 Å². The molecule has 0 saturated carbocycles. The predicted octanol–water partition coefficient (Wildman–Crippen LogP) is 2.68. The van der Waals surface area contributed by atoms with Gasteiger partial charge in [0, 0.05) is 29.9 Å². The second kappa shape index (κ2) is 5.38. The highest BCUT2D eigenvalue weighted by Crippen LogP contribution is 2.30. The lowest BCUT2D eigenvalue weighted by Gasteiger charge is -2.38. The molecule has 3 nitrogen and oxygen atoms in total. The summed E-state index contributed by atoms with van der Waals surface area (Å²) in [6, 6.07) is 6.31. The van der Waals surface area contributed by atoms with Gasteiger partial charge in [0.1, 0.15) is 0 Å². The fourth-order valence-electron chi connectivity index (χ4n) is 2.16. The fraction of sp³-hybridized carbons (Fsp3) is 0.538. The van der Waals surface area contributed by atoms with E-state index >= 15 is 0 Å². The Hall–Kier alpha value is -0.580. The first-order valence-corrected chi connectivity index (χ1v) is 6.77. The number of nitrogens with one attached hydrogen (secondary N) is 1. The van der Waals surface area contributed by atoms with Crippen LogP contribution < -0.4 is 11.1 Å². The minimum atomic E-state index is -0.0193. The van der Waals surface area contributed by atoms with E-state index in [4.69, 9.17) is 10.5 Å². The smallest absolute Gasteiger partial charge is 0.0539 e. The summed E-state index contributed by atoms with van der Waals surface area (Å²) >= 11 is 3.58. The molecular weight excluding hydrogens is 280 g/mol. The molecule has 0 bridgehead atoms. The minimum Gasteiger partial charge on any atom is -0.381 e. The Balaban J connectivity index is 2.20. The number of benzene rings is 1. The lowest BCUT2D eigenvalue weighted by atomic mass is 9.89. The standard InChI is InChI=1S/C13H19BrN2O/c1-10-2-3-11(14)12(8-10)16-13(9-15)4-6-17-7-5-13/h2-3,8,16H,4-7,9,15H2,1H3. The first-order chi connectivity index (χ1) is 8.15. The number of halogens is 1.